The second-order valence-electron chi connectivity index (χ2n) is 9.80. The number of carboxylic acid groups (broad SMARTS) is 2. The SMILES string of the molecule is N[C@@H]1[C@@H](O)CC(OC(=O)CO)(C(=O)O)O[C@H]1C(O)C(O)CO.O=C(CO)N[C@@H]1[C@@H](O)CC(O)(C(=O)O)O[C@H]1C(O)C(O)CO. The van der Waals surface area contributed by atoms with Gasteiger partial charge in [-0.05, 0) is 0 Å². The summed E-state index contributed by atoms with van der Waals surface area (Å²) < 4.78 is 14.4. The number of ether oxygens (including phenoxy) is 3. The van der Waals surface area contributed by atoms with Crippen LogP contribution in [-0.2, 0) is 33.4 Å². The predicted octanol–water partition coefficient (Wildman–Crippen LogP) is -9.41. The van der Waals surface area contributed by atoms with Crippen LogP contribution in [0.15, 0.2) is 0 Å². The van der Waals surface area contributed by atoms with Gasteiger partial charge in [-0.15, -0.1) is 0 Å². The van der Waals surface area contributed by atoms with Crippen LogP contribution in [0.2, 0.25) is 0 Å². The van der Waals surface area contributed by atoms with Crippen molar-refractivity contribution in [1.29, 1.82) is 0 Å². The topological polar surface area (TPSA) is 397 Å². The van der Waals surface area contributed by atoms with Gasteiger partial charge in [-0.3, -0.25) is 4.79 Å². The van der Waals surface area contributed by atoms with Crippen LogP contribution in [-0.4, -0.2) is 189 Å². The fourth-order valence-corrected chi connectivity index (χ4v) is 4.20. The minimum absolute atomic E-state index is 0.742. The number of carboxylic acids is 2. The maximum absolute atomic E-state index is 11.4. The summed E-state index contributed by atoms with van der Waals surface area (Å²) in [6.45, 7) is -3.87. The molecule has 12 atom stereocenters. The van der Waals surface area contributed by atoms with Crippen molar-refractivity contribution in [1.82, 2.24) is 5.32 Å². The van der Waals surface area contributed by atoms with E-state index in [0.717, 1.165) is 0 Å². The molecule has 0 radical (unpaired) electrons. The molecule has 1 amide bonds. The molecule has 0 bridgehead atoms. The van der Waals surface area contributed by atoms with E-state index in [1.807, 2.05) is 0 Å². The number of hydrogen-bond acceptors (Lipinski definition) is 19. The first-order valence-corrected chi connectivity index (χ1v) is 12.7. The molecule has 2 aliphatic heterocycles. The number of carbonyl (C=O) groups is 4. The monoisotopic (exact) mass is 650 g/mol. The number of amides is 1. The van der Waals surface area contributed by atoms with Crippen molar-refractivity contribution >= 4 is 23.8 Å². The van der Waals surface area contributed by atoms with E-state index in [9.17, 15) is 60.0 Å². The Morgan fingerprint density at radius 3 is 1.77 bits per heavy atom. The summed E-state index contributed by atoms with van der Waals surface area (Å²) in [6, 6.07) is -2.73. The molecule has 0 aliphatic carbocycles. The average Bonchev–Trinajstić information content (AvgIpc) is 2.98. The van der Waals surface area contributed by atoms with Crippen molar-refractivity contribution in [3.05, 3.63) is 0 Å². The Hall–Kier alpha value is -2.68. The largest absolute Gasteiger partial charge is 0.477 e. The molecule has 2 rings (SSSR count). The van der Waals surface area contributed by atoms with Gasteiger partial charge in [0.25, 0.3) is 5.79 Å². The number of carbonyl (C=O) groups excluding carboxylic acids is 2. The van der Waals surface area contributed by atoms with Crippen LogP contribution in [0.1, 0.15) is 12.8 Å². The number of esters is 1. The van der Waals surface area contributed by atoms with Gasteiger partial charge in [-0.2, -0.15) is 0 Å². The third kappa shape index (κ3) is 9.41. The van der Waals surface area contributed by atoms with Gasteiger partial charge in [0, 0.05) is 6.42 Å². The number of aliphatic hydroxyl groups is 11. The van der Waals surface area contributed by atoms with Gasteiger partial charge < -0.3 is 91.6 Å². The smallest absolute Gasteiger partial charge is 0.377 e. The summed E-state index contributed by atoms with van der Waals surface area (Å²) in [5.41, 5.74) is 5.59. The lowest BCUT2D eigenvalue weighted by Gasteiger charge is -2.44. The van der Waals surface area contributed by atoms with Crippen LogP contribution in [0, 0.1) is 0 Å². The minimum atomic E-state index is -2.85. The zero-order valence-electron chi connectivity index (χ0n) is 22.8. The van der Waals surface area contributed by atoms with Crippen LogP contribution in [0.25, 0.3) is 0 Å². The van der Waals surface area contributed by atoms with Gasteiger partial charge >= 0.3 is 23.7 Å². The van der Waals surface area contributed by atoms with Crippen molar-refractivity contribution in [2.75, 3.05) is 26.4 Å². The van der Waals surface area contributed by atoms with Crippen LogP contribution in [0.4, 0.5) is 0 Å². The van der Waals surface area contributed by atoms with Crippen molar-refractivity contribution in [2.24, 2.45) is 5.73 Å². The lowest BCUT2D eigenvalue weighted by atomic mass is 9.88. The van der Waals surface area contributed by atoms with Crippen LogP contribution >= 0.6 is 0 Å². The molecule has 22 nitrogen and oxygen atoms in total. The summed E-state index contributed by atoms with van der Waals surface area (Å²) >= 11 is 0. The Bertz CT molecular complexity index is 987. The number of rotatable bonds is 12. The second kappa shape index (κ2) is 16.6. The average molecular weight is 651 g/mol. The number of nitrogens with two attached hydrogens (primary N) is 1. The minimum Gasteiger partial charge on any atom is -0.477 e. The molecule has 256 valence electrons. The van der Waals surface area contributed by atoms with Crippen molar-refractivity contribution in [3.8, 4) is 0 Å². The van der Waals surface area contributed by atoms with E-state index >= 15 is 0 Å². The first-order valence-electron chi connectivity index (χ1n) is 12.7. The van der Waals surface area contributed by atoms with Gasteiger partial charge in [-0.25, -0.2) is 14.4 Å². The fraction of sp³-hybridized carbons (Fsp3) is 0.818. The standard InChI is InChI=1S/2C11H19NO10/c12-7-4(15)1-11(10(19)20,21-6(17)3-14)22-9(7)8(18)5(16)2-13;13-2-5(16)8(18)9-7(12-6(17)3-14)4(15)1-11(21,22-9)10(19)20/h4-5,7-9,13-16,18H,1-3,12H2,(H,19,20);4-5,7-9,13-16,18,21H,1-3H2,(H,12,17)(H,19,20)/t2*4-,5?,7+,8?,9+,11?/m00/s1. The number of hydrogen-bond donors (Lipinski definition) is 15. The van der Waals surface area contributed by atoms with Gasteiger partial charge in [0.15, 0.2) is 0 Å². The third-order valence-corrected chi connectivity index (χ3v) is 6.59. The molecular weight excluding hydrogens is 612 g/mol. The molecule has 0 aromatic carbocycles. The zero-order chi connectivity index (χ0) is 34.2. The van der Waals surface area contributed by atoms with Crippen LogP contribution in [0.5, 0.6) is 0 Å². The Kier molecular flexibility index (Phi) is 14.8. The molecule has 0 saturated carbocycles. The molecule has 44 heavy (non-hydrogen) atoms. The first-order chi connectivity index (χ1) is 20.3. The molecule has 2 fully saturated rings. The highest BCUT2D eigenvalue weighted by Crippen LogP contribution is 2.33. The number of nitrogens with one attached hydrogen (secondary N) is 1. The van der Waals surface area contributed by atoms with E-state index in [-0.39, 0.29) is 0 Å². The van der Waals surface area contributed by atoms with E-state index in [2.05, 4.69) is 10.1 Å². The lowest BCUT2D eigenvalue weighted by Crippen LogP contribution is -2.67. The summed E-state index contributed by atoms with van der Waals surface area (Å²) in [6.07, 6.45) is -15.4. The highest BCUT2D eigenvalue weighted by Gasteiger charge is 2.56. The molecule has 0 spiro atoms. The van der Waals surface area contributed by atoms with E-state index in [0.29, 0.717) is 0 Å². The van der Waals surface area contributed by atoms with E-state index in [1.54, 1.807) is 0 Å². The molecule has 22 heteroatoms. The summed E-state index contributed by atoms with van der Waals surface area (Å²) in [5, 5.41) is 123. The van der Waals surface area contributed by atoms with Gasteiger partial charge in [-0.1, -0.05) is 0 Å². The van der Waals surface area contributed by atoms with Crippen molar-refractivity contribution in [3.63, 3.8) is 0 Å². The van der Waals surface area contributed by atoms with Gasteiger partial charge in [0.05, 0.1) is 43.9 Å². The first kappa shape index (κ1) is 39.3. The molecule has 2 aliphatic rings. The lowest BCUT2D eigenvalue weighted by molar-refractivity contribution is -0.299. The number of aliphatic carboxylic acids is 2. The molecule has 6 unspecified atom stereocenters. The van der Waals surface area contributed by atoms with Gasteiger partial charge in [0.1, 0.15) is 49.8 Å². The maximum atomic E-state index is 11.4. The Labute approximate surface area is 247 Å². The predicted molar refractivity (Wildman–Crippen MR) is 132 cm³/mol. The van der Waals surface area contributed by atoms with Gasteiger partial charge in [0.2, 0.25) is 5.91 Å². The third-order valence-electron chi connectivity index (χ3n) is 6.59. The summed E-state index contributed by atoms with van der Waals surface area (Å²) in [4.78, 5) is 44.8. The quantitative estimate of drug-likeness (QED) is 0.0871. The molecule has 2 saturated heterocycles. The molecule has 0 aromatic heterocycles. The van der Waals surface area contributed by atoms with E-state index < -0.39 is 136 Å². The number of aliphatic hydroxyl groups excluding tert-OH is 10. The van der Waals surface area contributed by atoms with Crippen molar-refractivity contribution < 1.29 is 99.8 Å². The van der Waals surface area contributed by atoms with Crippen molar-refractivity contribution in [2.45, 2.75) is 85.3 Å². The van der Waals surface area contributed by atoms with Crippen LogP contribution < -0.4 is 11.1 Å². The molecule has 0 aromatic rings. The van der Waals surface area contributed by atoms with E-state index in [4.69, 9.17) is 40.7 Å². The van der Waals surface area contributed by atoms with Crippen LogP contribution in [0.3, 0.4) is 0 Å². The van der Waals surface area contributed by atoms with E-state index in [1.165, 1.54) is 0 Å². The molecular formula is C22H38N2O20. The second-order valence-corrected chi connectivity index (χ2v) is 9.80. The summed E-state index contributed by atoms with van der Waals surface area (Å²) in [5.74, 6) is -11.5. The molecule has 16 N–H and O–H groups in total. The highest BCUT2D eigenvalue weighted by atomic mass is 16.7. The highest BCUT2D eigenvalue weighted by molar-refractivity contribution is 5.81. The normalized spacial score (nSPS) is 34.7. The Morgan fingerprint density at radius 1 is 0.818 bits per heavy atom. The maximum Gasteiger partial charge on any atom is 0.377 e. The Morgan fingerprint density at radius 2 is 1.34 bits per heavy atom. The Balaban J connectivity index is 0.000000440. The zero-order valence-corrected chi connectivity index (χ0v) is 22.8. The molecule has 2 heterocycles. The summed E-state index contributed by atoms with van der Waals surface area (Å²) in [7, 11) is 0. The fourth-order valence-electron chi connectivity index (χ4n) is 4.20.